The van der Waals surface area contributed by atoms with Crippen molar-refractivity contribution in [1.82, 2.24) is 9.97 Å². The second kappa shape index (κ2) is 6.45. The van der Waals surface area contributed by atoms with Crippen LogP contribution in [0.4, 0.5) is 5.69 Å². The van der Waals surface area contributed by atoms with Gasteiger partial charge in [-0.3, -0.25) is 9.97 Å². The van der Waals surface area contributed by atoms with Crippen LogP contribution < -0.4 is 10.6 Å². The van der Waals surface area contributed by atoms with Crippen molar-refractivity contribution < 1.29 is 0 Å². The summed E-state index contributed by atoms with van der Waals surface area (Å²) in [6.07, 6.45) is 4.29. The maximum Gasteiger partial charge on any atom is 0.112 e. The highest BCUT2D eigenvalue weighted by Gasteiger charge is 2.15. The van der Waals surface area contributed by atoms with E-state index in [9.17, 15) is 0 Å². The van der Waals surface area contributed by atoms with E-state index in [4.69, 9.17) is 18.0 Å². The lowest BCUT2D eigenvalue weighted by molar-refractivity contribution is 0.692. The Kier molecular flexibility index (Phi) is 4.88. The van der Waals surface area contributed by atoms with Gasteiger partial charge in [-0.25, -0.2) is 0 Å². The Morgan fingerprint density at radius 2 is 2.20 bits per heavy atom. The molecule has 106 valence electrons. The van der Waals surface area contributed by atoms with E-state index in [0.717, 1.165) is 27.7 Å². The molecule has 0 fully saturated rings. The standard InChI is InChI=1S/C14H17BrN4S/c1-9(2)19(6-4-13(16)20)12-3-5-17-11-7-10(15)8-18-14(11)12/h3,5,7-9H,4,6H2,1-2H3,(H2,16,20). The molecule has 0 saturated heterocycles. The molecule has 0 unspecified atom stereocenters. The zero-order valence-electron chi connectivity index (χ0n) is 11.5. The molecule has 0 radical (unpaired) electrons. The Bertz CT molecular complexity index is 630. The second-order valence-electron chi connectivity index (χ2n) is 4.85. The van der Waals surface area contributed by atoms with Crippen molar-refractivity contribution in [3.05, 3.63) is 29.0 Å². The molecule has 0 amide bonds. The zero-order valence-corrected chi connectivity index (χ0v) is 13.9. The average Bonchev–Trinajstić information content (AvgIpc) is 2.37. The quantitative estimate of drug-likeness (QED) is 0.836. The molecule has 0 aliphatic heterocycles. The van der Waals surface area contributed by atoms with Crippen LogP contribution in [0, 0.1) is 0 Å². The summed E-state index contributed by atoms with van der Waals surface area (Å²) in [7, 11) is 0. The lowest BCUT2D eigenvalue weighted by Crippen LogP contribution is -2.34. The number of fused-ring (bicyclic) bond motifs is 1. The van der Waals surface area contributed by atoms with Gasteiger partial charge in [-0.15, -0.1) is 0 Å². The van der Waals surface area contributed by atoms with Crippen LogP contribution in [-0.2, 0) is 0 Å². The minimum Gasteiger partial charge on any atom is -0.393 e. The number of hydrogen-bond donors (Lipinski definition) is 1. The molecule has 0 atom stereocenters. The first-order valence-electron chi connectivity index (χ1n) is 6.44. The molecule has 0 aliphatic rings. The normalized spacial score (nSPS) is 11.0. The van der Waals surface area contributed by atoms with Gasteiger partial charge in [0, 0.05) is 35.9 Å². The molecule has 2 rings (SSSR count). The molecule has 2 heterocycles. The number of rotatable bonds is 5. The zero-order chi connectivity index (χ0) is 14.7. The van der Waals surface area contributed by atoms with Gasteiger partial charge in [0.25, 0.3) is 0 Å². The molecular formula is C14H17BrN4S. The highest BCUT2D eigenvalue weighted by molar-refractivity contribution is 9.10. The van der Waals surface area contributed by atoms with Crippen LogP contribution in [0.25, 0.3) is 11.0 Å². The summed E-state index contributed by atoms with van der Waals surface area (Å²) in [4.78, 5) is 11.7. The van der Waals surface area contributed by atoms with Crippen molar-refractivity contribution in [2.24, 2.45) is 5.73 Å². The van der Waals surface area contributed by atoms with E-state index >= 15 is 0 Å². The minimum absolute atomic E-state index is 0.334. The van der Waals surface area contributed by atoms with Gasteiger partial charge in [0.15, 0.2) is 0 Å². The van der Waals surface area contributed by atoms with Gasteiger partial charge in [0.05, 0.1) is 16.2 Å². The molecule has 0 aliphatic carbocycles. The van der Waals surface area contributed by atoms with Crippen LogP contribution in [0.5, 0.6) is 0 Å². The average molecular weight is 353 g/mol. The lowest BCUT2D eigenvalue weighted by atomic mass is 10.2. The van der Waals surface area contributed by atoms with Crippen LogP contribution in [0.15, 0.2) is 29.0 Å². The van der Waals surface area contributed by atoms with Crippen LogP contribution in [0.3, 0.4) is 0 Å². The number of nitrogens with zero attached hydrogens (tertiary/aromatic N) is 3. The first-order valence-corrected chi connectivity index (χ1v) is 7.64. The van der Waals surface area contributed by atoms with Gasteiger partial charge in [-0.05, 0) is 41.9 Å². The van der Waals surface area contributed by atoms with Crippen molar-refractivity contribution in [3.8, 4) is 0 Å². The highest BCUT2D eigenvalue weighted by atomic mass is 79.9. The highest BCUT2D eigenvalue weighted by Crippen LogP contribution is 2.26. The number of nitrogens with two attached hydrogens (primary N) is 1. The van der Waals surface area contributed by atoms with E-state index in [0.29, 0.717) is 17.5 Å². The summed E-state index contributed by atoms with van der Waals surface area (Å²) >= 11 is 8.40. The number of hydrogen-bond acceptors (Lipinski definition) is 4. The molecule has 0 aromatic carbocycles. The molecule has 2 aromatic heterocycles. The van der Waals surface area contributed by atoms with Crippen LogP contribution in [-0.4, -0.2) is 27.5 Å². The predicted molar refractivity (Wildman–Crippen MR) is 91.1 cm³/mol. The van der Waals surface area contributed by atoms with E-state index in [1.165, 1.54) is 0 Å². The van der Waals surface area contributed by atoms with Crippen molar-refractivity contribution in [3.63, 3.8) is 0 Å². The second-order valence-corrected chi connectivity index (χ2v) is 6.29. The van der Waals surface area contributed by atoms with E-state index in [-0.39, 0.29) is 0 Å². The maximum absolute atomic E-state index is 5.62. The summed E-state index contributed by atoms with van der Waals surface area (Å²) < 4.78 is 0.925. The molecule has 2 aromatic rings. The third-order valence-electron chi connectivity index (χ3n) is 3.05. The number of aromatic nitrogens is 2. The van der Waals surface area contributed by atoms with Crippen LogP contribution in [0.2, 0.25) is 0 Å². The van der Waals surface area contributed by atoms with Gasteiger partial charge >= 0.3 is 0 Å². The van der Waals surface area contributed by atoms with Gasteiger partial charge in [-0.2, -0.15) is 0 Å². The van der Waals surface area contributed by atoms with Crippen LogP contribution >= 0.6 is 28.1 Å². The molecule has 4 nitrogen and oxygen atoms in total. The third-order valence-corrected chi connectivity index (χ3v) is 3.69. The number of halogens is 1. The Hall–Kier alpha value is -1.27. The molecule has 20 heavy (non-hydrogen) atoms. The van der Waals surface area contributed by atoms with Crippen molar-refractivity contribution in [2.45, 2.75) is 26.3 Å². The minimum atomic E-state index is 0.334. The Morgan fingerprint density at radius 3 is 2.85 bits per heavy atom. The first kappa shape index (κ1) is 15.1. The Balaban J connectivity index is 2.45. The number of anilines is 1. The third kappa shape index (κ3) is 3.43. The topological polar surface area (TPSA) is 55.0 Å². The SMILES string of the molecule is CC(C)N(CCC(N)=S)c1ccnc2cc(Br)cnc12. The monoisotopic (exact) mass is 352 g/mol. The Labute approximate surface area is 132 Å². The van der Waals surface area contributed by atoms with E-state index in [1.54, 1.807) is 6.20 Å². The summed E-state index contributed by atoms with van der Waals surface area (Å²) in [5.41, 5.74) is 8.45. The summed E-state index contributed by atoms with van der Waals surface area (Å²) in [5.74, 6) is 0. The van der Waals surface area contributed by atoms with Gasteiger partial charge in [0.1, 0.15) is 5.52 Å². The molecule has 2 N–H and O–H groups in total. The summed E-state index contributed by atoms with van der Waals surface area (Å²) in [5, 5.41) is 0. The predicted octanol–water partition coefficient (Wildman–Crippen LogP) is 3.28. The molecule has 0 bridgehead atoms. The maximum atomic E-state index is 5.62. The summed E-state index contributed by atoms with van der Waals surface area (Å²) in [6, 6.07) is 4.29. The first-order chi connectivity index (χ1) is 9.49. The molecule has 6 heteroatoms. The fourth-order valence-corrected chi connectivity index (χ4v) is 2.52. The summed E-state index contributed by atoms with van der Waals surface area (Å²) in [6.45, 7) is 5.07. The number of thiocarbonyl (C=S) groups is 1. The molecule has 0 spiro atoms. The largest absolute Gasteiger partial charge is 0.393 e. The van der Waals surface area contributed by atoms with Crippen molar-refractivity contribution >= 4 is 49.9 Å². The smallest absolute Gasteiger partial charge is 0.112 e. The fraction of sp³-hybridized carbons (Fsp3) is 0.357. The van der Waals surface area contributed by atoms with Gasteiger partial charge in [0.2, 0.25) is 0 Å². The molecular weight excluding hydrogens is 336 g/mol. The lowest BCUT2D eigenvalue weighted by Gasteiger charge is -2.29. The number of pyridine rings is 2. The van der Waals surface area contributed by atoms with E-state index in [1.807, 2.05) is 18.3 Å². The Morgan fingerprint density at radius 1 is 1.45 bits per heavy atom. The van der Waals surface area contributed by atoms with Crippen molar-refractivity contribution in [2.75, 3.05) is 11.4 Å². The van der Waals surface area contributed by atoms with E-state index in [2.05, 4.69) is 44.6 Å². The van der Waals surface area contributed by atoms with Crippen molar-refractivity contribution in [1.29, 1.82) is 0 Å². The molecule has 0 saturated carbocycles. The van der Waals surface area contributed by atoms with Gasteiger partial charge < -0.3 is 10.6 Å². The van der Waals surface area contributed by atoms with Crippen LogP contribution in [0.1, 0.15) is 20.3 Å². The fourth-order valence-electron chi connectivity index (χ4n) is 2.11. The van der Waals surface area contributed by atoms with Gasteiger partial charge in [-0.1, -0.05) is 12.2 Å². The van der Waals surface area contributed by atoms with E-state index < -0.39 is 0 Å².